The maximum Gasteiger partial charge on any atom is 0.307 e. The molecule has 2 unspecified atom stereocenters. The zero-order valence-electron chi connectivity index (χ0n) is 16.8. The van der Waals surface area contributed by atoms with Crippen LogP contribution in [0.5, 0.6) is 11.5 Å². The Balaban J connectivity index is 1.99. The van der Waals surface area contributed by atoms with Gasteiger partial charge in [-0.25, -0.2) is 0 Å². The fourth-order valence-electron chi connectivity index (χ4n) is 3.84. The molecular formula is C22H29NO4S. The molecule has 2 atom stereocenters. The number of ether oxygens (including phenoxy) is 2. The Kier molecular flexibility index (Phi) is 6.97. The minimum atomic E-state index is -0.701. The highest BCUT2D eigenvalue weighted by molar-refractivity contribution is 7.12. The molecule has 0 saturated carbocycles. The van der Waals surface area contributed by atoms with E-state index >= 15 is 0 Å². The van der Waals surface area contributed by atoms with E-state index in [4.69, 9.17) is 9.47 Å². The number of carboxylic acid groups (broad SMARTS) is 1. The number of hydrogen-bond acceptors (Lipinski definition) is 5. The molecule has 0 aliphatic carbocycles. The van der Waals surface area contributed by atoms with Crippen molar-refractivity contribution in [2.75, 3.05) is 26.3 Å². The zero-order chi connectivity index (χ0) is 20.1. The number of carbonyl (C=O) groups is 1. The summed E-state index contributed by atoms with van der Waals surface area (Å²) in [7, 11) is 0. The van der Waals surface area contributed by atoms with Crippen molar-refractivity contribution < 1.29 is 19.4 Å². The predicted octanol–water partition coefficient (Wildman–Crippen LogP) is 4.74. The number of likely N-dealkylation sites (tertiary alicyclic amines) is 1. The molecule has 1 aromatic carbocycles. The summed E-state index contributed by atoms with van der Waals surface area (Å²) in [5, 5.41) is 9.53. The number of piperidine rings is 1. The second kappa shape index (κ2) is 9.43. The molecule has 3 rings (SSSR count). The Morgan fingerprint density at radius 3 is 2.61 bits per heavy atom. The van der Waals surface area contributed by atoms with Crippen LogP contribution in [0.4, 0.5) is 0 Å². The van der Waals surface area contributed by atoms with E-state index in [9.17, 15) is 9.90 Å². The molecule has 152 valence electrons. The van der Waals surface area contributed by atoms with E-state index in [1.54, 1.807) is 11.3 Å². The summed E-state index contributed by atoms with van der Waals surface area (Å²) in [5.41, 5.74) is 1.11. The Labute approximate surface area is 170 Å². The summed E-state index contributed by atoms with van der Waals surface area (Å²) in [6.07, 6.45) is 1.64. The monoisotopic (exact) mass is 403 g/mol. The second-order valence-corrected chi connectivity index (χ2v) is 8.41. The number of rotatable bonds is 8. The van der Waals surface area contributed by atoms with Crippen LogP contribution in [-0.2, 0) is 4.79 Å². The van der Waals surface area contributed by atoms with Crippen molar-refractivity contribution in [3.63, 3.8) is 0 Å². The maximum atomic E-state index is 11.6. The highest BCUT2D eigenvalue weighted by Crippen LogP contribution is 2.39. The van der Waals surface area contributed by atoms with Gasteiger partial charge < -0.3 is 14.6 Å². The van der Waals surface area contributed by atoms with Crippen molar-refractivity contribution in [3.8, 4) is 11.5 Å². The summed E-state index contributed by atoms with van der Waals surface area (Å²) in [6.45, 7) is 8.63. The van der Waals surface area contributed by atoms with E-state index in [2.05, 4.69) is 36.1 Å². The van der Waals surface area contributed by atoms with Crippen LogP contribution in [0, 0.1) is 12.8 Å². The second-order valence-electron chi connectivity index (χ2n) is 7.10. The van der Waals surface area contributed by atoms with Crippen LogP contribution in [0.1, 0.15) is 48.0 Å². The number of hydrogen-bond donors (Lipinski definition) is 1. The Hall–Kier alpha value is -2.05. The molecule has 1 aliphatic rings. The molecule has 5 nitrogen and oxygen atoms in total. The number of benzene rings is 1. The van der Waals surface area contributed by atoms with Gasteiger partial charge in [0.05, 0.1) is 25.2 Å². The number of aliphatic carboxylic acids is 1. The topological polar surface area (TPSA) is 59.0 Å². The molecule has 1 fully saturated rings. The van der Waals surface area contributed by atoms with Crippen molar-refractivity contribution >= 4 is 17.3 Å². The van der Waals surface area contributed by atoms with E-state index in [0.29, 0.717) is 19.8 Å². The van der Waals surface area contributed by atoms with Gasteiger partial charge >= 0.3 is 5.97 Å². The molecule has 28 heavy (non-hydrogen) atoms. The van der Waals surface area contributed by atoms with Crippen molar-refractivity contribution in [2.45, 2.75) is 39.7 Å². The quantitative estimate of drug-likeness (QED) is 0.690. The minimum Gasteiger partial charge on any atom is -0.490 e. The van der Waals surface area contributed by atoms with Gasteiger partial charge in [-0.2, -0.15) is 0 Å². The van der Waals surface area contributed by atoms with Gasteiger partial charge in [0.25, 0.3) is 0 Å². The van der Waals surface area contributed by atoms with E-state index in [1.165, 1.54) is 9.75 Å². The normalized spacial score (nSPS) is 18.6. The summed E-state index contributed by atoms with van der Waals surface area (Å²) in [6, 6.07) is 10.4. The van der Waals surface area contributed by atoms with Crippen LogP contribution in [-0.4, -0.2) is 42.3 Å². The molecule has 6 heteroatoms. The number of thiophene rings is 1. The third-order valence-electron chi connectivity index (χ3n) is 5.08. The molecule has 1 aliphatic heterocycles. The molecule has 0 spiro atoms. The average Bonchev–Trinajstić information content (AvgIpc) is 3.10. The van der Waals surface area contributed by atoms with Crippen molar-refractivity contribution in [1.29, 1.82) is 0 Å². The standard InChI is InChI=1S/C22H29NO4S/c1-4-26-18-10-9-16(13-19(18)27-5-2)21(20-11-8-15(3)28-20)23-12-6-7-17(14-23)22(24)25/h8-11,13,17,21H,4-7,12,14H2,1-3H3,(H,24,25). The first kappa shape index (κ1) is 20.7. The SMILES string of the molecule is CCOc1ccc(C(c2ccc(C)s2)N2CCCC(C(=O)O)C2)cc1OCC. The molecule has 1 saturated heterocycles. The third kappa shape index (κ3) is 4.67. The van der Waals surface area contributed by atoms with Gasteiger partial charge in [0.1, 0.15) is 0 Å². The van der Waals surface area contributed by atoms with Crippen molar-refractivity contribution in [2.24, 2.45) is 5.92 Å². The highest BCUT2D eigenvalue weighted by atomic mass is 32.1. The summed E-state index contributed by atoms with van der Waals surface area (Å²) < 4.78 is 11.5. The Bertz CT molecular complexity index is 804. The largest absolute Gasteiger partial charge is 0.490 e. The van der Waals surface area contributed by atoms with Crippen LogP contribution in [0.2, 0.25) is 0 Å². The lowest BCUT2D eigenvalue weighted by Crippen LogP contribution is -2.41. The van der Waals surface area contributed by atoms with Gasteiger partial charge in [0.2, 0.25) is 0 Å². The lowest BCUT2D eigenvalue weighted by molar-refractivity contribution is -0.143. The Morgan fingerprint density at radius 1 is 1.21 bits per heavy atom. The van der Waals surface area contributed by atoms with E-state index in [-0.39, 0.29) is 12.0 Å². The van der Waals surface area contributed by atoms with Gasteiger partial charge in [0.15, 0.2) is 11.5 Å². The molecule has 0 amide bonds. The van der Waals surface area contributed by atoms with Crippen LogP contribution in [0.15, 0.2) is 30.3 Å². The first-order valence-corrected chi connectivity index (χ1v) is 10.8. The van der Waals surface area contributed by atoms with Crippen LogP contribution in [0.3, 0.4) is 0 Å². The molecule has 0 bridgehead atoms. The van der Waals surface area contributed by atoms with Gasteiger partial charge in [-0.05, 0) is 70.0 Å². The third-order valence-corrected chi connectivity index (χ3v) is 6.13. The smallest absolute Gasteiger partial charge is 0.307 e. The molecule has 1 N–H and O–H groups in total. The molecule has 2 heterocycles. The van der Waals surface area contributed by atoms with Crippen LogP contribution < -0.4 is 9.47 Å². The first-order valence-electron chi connectivity index (χ1n) is 9.96. The molecule has 1 aromatic heterocycles. The number of nitrogens with zero attached hydrogens (tertiary/aromatic N) is 1. The van der Waals surface area contributed by atoms with Gasteiger partial charge in [-0.1, -0.05) is 6.07 Å². The zero-order valence-corrected chi connectivity index (χ0v) is 17.6. The molecular weight excluding hydrogens is 374 g/mol. The van der Waals surface area contributed by atoms with Crippen LogP contribution in [0.25, 0.3) is 0 Å². The van der Waals surface area contributed by atoms with Crippen molar-refractivity contribution in [3.05, 3.63) is 45.6 Å². The van der Waals surface area contributed by atoms with Crippen LogP contribution >= 0.6 is 11.3 Å². The predicted molar refractivity (Wildman–Crippen MR) is 112 cm³/mol. The van der Waals surface area contributed by atoms with E-state index in [1.807, 2.05) is 19.9 Å². The van der Waals surface area contributed by atoms with E-state index in [0.717, 1.165) is 36.4 Å². The molecule has 2 aromatic rings. The summed E-state index contributed by atoms with van der Waals surface area (Å²) in [5.74, 6) is 0.474. The number of aryl methyl sites for hydroxylation is 1. The summed E-state index contributed by atoms with van der Waals surface area (Å²) >= 11 is 1.77. The van der Waals surface area contributed by atoms with E-state index < -0.39 is 5.97 Å². The minimum absolute atomic E-state index is 0.0238. The summed E-state index contributed by atoms with van der Waals surface area (Å²) in [4.78, 5) is 16.4. The molecule has 0 radical (unpaired) electrons. The maximum absolute atomic E-state index is 11.6. The van der Waals surface area contributed by atoms with Gasteiger partial charge in [0, 0.05) is 16.3 Å². The fraction of sp³-hybridized carbons (Fsp3) is 0.500. The number of carboxylic acids is 1. The lowest BCUT2D eigenvalue weighted by Gasteiger charge is -2.37. The fourth-order valence-corrected chi connectivity index (χ4v) is 4.88. The Morgan fingerprint density at radius 2 is 1.96 bits per heavy atom. The first-order chi connectivity index (χ1) is 13.5. The van der Waals surface area contributed by atoms with Crippen molar-refractivity contribution in [1.82, 2.24) is 4.90 Å². The van der Waals surface area contributed by atoms with Gasteiger partial charge in [-0.3, -0.25) is 9.69 Å². The van der Waals surface area contributed by atoms with Gasteiger partial charge in [-0.15, -0.1) is 11.3 Å². The lowest BCUT2D eigenvalue weighted by atomic mass is 9.94. The average molecular weight is 404 g/mol. The highest BCUT2D eigenvalue weighted by Gasteiger charge is 2.32.